The Hall–Kier alpha value is -2.98. The highest BCUT2D eigenvalue weighted by atomic mass is 16.5. The number of ether oxygens (including phenoxy) is 1. The van der Waals surface area contributed by atoms with Crippen molar-refractivity contribution in [2.45, 2.75) is 38.5 Å². The Bertz CT molecular complexity index is 978. The van der Waals surface area contributed by atoms with E-state index in [1.54, 1.807) is 12.7 Å². The average Bonchev–Trinajstić information content (AvgIpc) is 3.26. The molecule has 1 heterocycles. The van der Waals surface area contributed by atoms with Crippen LogP contribution >= 0.6 is 0 Å². The number of aromatic nitrogens is 3. The van der Waals surface area contributed by atoms with Gasteiger partial charge in [0, 0.05) is 0 Å². The van der Waals surface area contributed by atoms with E-state index >= 15 is 0 Å². The van der Waals surface area contributed by atoms with Crippen LogP contribution in [0.5, 0.6) is 0 Å². The fourth-order valence-electron chi connectivity index (χ4n) is 3.58. The summed E-state index contributed by atoms with van der Waals surface area (Å²) < 4.78 is 8.09. The van der Waals surface area contributed by atoms with E-state index in [-0.39, 0.29) is 6.10 Å². The van der Waals surface area contributed by atoms with Crippen molar-refractivity contribution in [3.8, 4) is 0 Å². The minimum Gasteiger partial charge on any atom is -0.372 e. The van der Waals surface area contributed by atoms with Crippen LogP contribution < -0.4 is 0 Å². The molecule has 1 atom stereocenters. The number of aryl methyl sites for hydroxylation is 1. The molecule has 0 radical (unpaired) electrons. The predicted octanol–water partition coefficient (Wildman–Crippen LogP) is 5.04. The van der Waals surface area contributed by atoms with E-state index in [1.165, 1.54) is 21.9 Å². The van der Waals surface area contributed by atoms with Gasteiger partial charge < -0.3 is 4.74 Å². The van der Waals surface area contributed by atoms with Gasteiger partial charge in [-0.15, -0.1) is 0 Å². The molecule has 4 nitrogen and oxygen atoms in total. The SMILES string of the molecule is c1ccc(CO[C@@H](CCCc2cccc3ccccc23)Cn2cncn2)cc1. The quantitative estimate of drug-likeness (QED) is 0.414. The van der Waals surface area contributed by atoms with Gasteiger partial charge in [-0.1, -0.05) is 72.8 Å². The molecule has 0 saturated heterocycles. The van der Waals surface area contributed by atoms with Crippen molar-refractivity contribution in [3.05, 3.63) is 96.6 Å². The maximum atomic E-state index is 6.24. The summed E-state index contributed by atoms with van der Waals surface area (Å²) in [4.78, 5) is 4.05. The molecule has 1 aromatic heterocycles. The third-order valence-corrected chi connectivity index (χ3v) is 5.04. The van der Waals surface area contributed by atoms with E-state index in [0.29, 0.717) is 6.61 Å². The first-order valence-electron chi connectivity index (χ1n) is 9.83. The zero-order chi connectivity index (χ0) is 19.0. The van der Waals surface area contributed by atoms with Gasteiger partial charge in [0.25, 0.3) is 0 Å². The molecule has 0 aliphatic heterocycles. The van der Waals surface area contributed by atoms with Gasteiger partial charge in [0.15, 0.2) is 0 Å². The molecule has 3 aromatic carbocycles. The minimum atomic E-state index is 0.108. The molecule has 4 aromatic rings. The molecule has 0 aliphatic rings. The van der Waals surface area contributed by atoms with Crippen LogP contribution in [0.2, 0.25) is 0 Å². The molecule has 4 rings (SSSR count). The van der Waals surface area contributed by atoms with Crippen LogP contribution in [-0.4, -0.2) is 20.9 Å². The molecular weight excluding hydrogens is 346 g/mol. The lowest BCUT2D eigenvalue weighted by Crippen LogP contribution is -2.21. The summed E-state index contributed by atoms with van der Waals surface area (Å²) in [6, 6.07) is 25.5. The molecule has 4 heteroatoms. The maximum absolute atomic E-state index is 6.24. The summed E-state index contributed by atoms with van der Waals surface area (Å²) in [6.45, 7) is 1.34. The molecule has 28 heavy (non-hydrogen) atoms. The summed E-state index contributed by atoms with van der Waals surface area (Å²) in [5.41, 5.74) is 2.60. The van der Waals surface area contributed by atoms with E-state index < -0.39 is 0 Å². The van der Waals surface area contributed by atoms with Crippen LogP contribution in [0, 0.1) is 0 Å². The first-order chi connectivity index (χ1) is 13.9. The zero-order valence-electron chi connectivity index (χ0n) is 15.9. The van der Waals surface area contributed by atoms with Crippen molar-refractivity contribution in [2.75, 3.05) is 0 Å². The van der Waals surface area contributed by atoms with Crippen molar-refractivity contribution in [1.82, 2.24) is 14.8 Å². The van der Waals surface area contributed by atoms with Crippen LogP contribution in [0.15, 0.2) is 85.5 Å². The fraction of sp³-hybridized carbons (Fsp3) is 0.250. The second-order valence-electron chi connectivity index (χ2n) is 7.07. The lowest BCUT2D eigenvalue weighted by molar-refractivity contribution is 0.0203. The predicted molar refractivity (Wildman–Crippen MR) is 112 cm³/mol. The van der Waals surface area contributed by atoms with E-state index in [4.69, 9.17) is 4.74 Å². The molecule has 0 saturated carbocycles. The monoisotopic (exact) mass is 371 g/mol. The van der Waals surface area contributed by atoms with E-state index in [0.717, 1.165) is 25.8 Å². The van der Waals surface area contributed by atoms with Crippen molar-refractivity contribution in [3.63, 3.8) is 0 Å². The van der Waals surface area contributed by atoms with Gasteiger partial charge >= 0.3 is 0 Å². The molecule has 0 aliphatic carbocycles. The van der Waals surface area contributed by atoms with Crippen LogP contribution in [0.3, 0.4) is 0 Å². The number of hydrogen-bond acceptors (Lipinski definition) is 3. The number of hydrogen-bond donors (Lipinski definition) is 0. The number of nitrogens with zero attached hydrogens (tertiary/aromatic N) is 3. The van der Waals surface area contributed by atoms with Crippen LogP contribution in [-0.2, 0) is 24.3 Å². The highest BCUT2D eigenvalue weighted by Crippen LogP contribution is 2.21. The van der Waals surface area contributed by atoms with E-state index in [2.05, 4.69) is 64.7 Å². The number of benzene rings is 3. The Labute approximate surface area is 165 Å². The second-order valence-corrected chi connectivity index (χ2v) is 7.07. The minimum absolute atomic E-state index is 0.108. The zero-order valence-corrected chi connectivity index (χ0v) is 15.9. The molecule has 0 N–H and O–H groups in total. The molecule has 0 fully saturated rings. The topological polar surface area (TPSA) is 39.9 Å². The Morgan fingerprint density at radius 1 is 0.893 bits per heavy atom. The first-order valence-corrected chi connectivity index (χ1v) is 9.83. The highest BCUT2D eigenvalue weighted by Gasteiger charge is 2.12. The summed E-state index contributed by atoms with van der Waals surface area (Å²) in [5, 5.41) is 6.90. The lowest BCUT2D eigenvalue weighted by Gasteiger charge is -2.18. The maximum Gasteiger partial charge on any atom is 0.137 e. The van der Waals surface area contributed by atoms with E-state index in [9.17, 15) is 0 Å². The summed E-state index contributed by atoms with van der Waals surface area (Å²) in [5.74, 6) is 0. The number of fused-ring (bicyclic) bond motifs is 1. The van der Waals surface area contributed by atoms with Crippen molar-refractivity contribution in [2.24, 2.45) is 0 Å². The largest absolute Gasteiger partial charge is 0.372 e. The second kappa shape index (κ2) is 9.29. The van der Waals surface area contributed by atoms with Crippen molar-refractivity contribution < 1.29 is 4.74 Å². The Morgan fingerprint density at radius 3 is 2.57 bits per heavy atom. The van der Waals surface area contributed by atoms with Gasteiger partial charge in [-0.2, -0.15) is 5.10 Å². The van der Waals surface area contributed by atoms with Gasteiger partial charge in [-0.05, 0) is 41.2 Å². The molecule has 0 unspecified atom stereocenters. The van der Waals surface area contributed by atoms with Crippen molar-refractivity contribution >= 4 is 10.8 Å². The Kier molecular flexibility index (Phi) is 6.10. The molecule has 142 valence electrons. The van der Waals surface area contributed by atoms with Crippen LogP contribution in [0.1, 0.15) is 24.0 Å². The lowest BCUT2D eigenvalue weighted by atomic mass is 9.99. The van der Waals surface area contributed by atoms with E-state index in [1.807, 2.05) is 22.9 Å². The summed E-state index contributed by atoms with van der Waals surface area (Å²) >= 11 is 0. The molecule has 0 spiro atoms. The van der Waals surface area contributed by atoms with Gasteiger partial charge in [-0.25, -0.2) is 4.98 Å². The third-order valence-electron chi connectivity index (χ3n) is 5.04. The molecular formula is C24H25N3O. The van der Waals surface area contributed by atoms with Crippen LogP contribution in [0.25, 0.3) is 10.8 Å². The Balaban J connectivity index is 1.38. The first kappa shape index (κ1) is 18.4. The third kappa shape index (κ3) is 4.84. The number of rotatable bonds is 9. The van der Waals surface area contributed by atoms with Gasteiger partial charge in [0.2, 0.25) is 0 Å². The summed E-state index contributed by atoms with van der Waals surface area (Å²) in [7, 11) is 0. The van der Waals surface area contributed by atoms with Gasteiger partial charge in [0.1, 0.15) is 12.7 Å². The summed E-state index contributed by atoms with van der Waals surface area (Å²) in [6.07, 6.45) is 6.53. The molecule has 0 amide bonds. The van der Waals surface area contributed by atoms with Crippen molar-refractivity contribution in [1.29, 1.82) is 0 Å². The van der Waals surface area contributed by atoms with Crippen LogP contribution in [0.4, 0.5) is 0 Å². The smallest absolute Gasteiger partial charge is 0.137 e. The standard InChI is InChI=1S/C24H25N3O/c1-2-8-20(9-3-1)17-28-23(16-27-19-25-18-26-27)14-7-13-22-12-6-11-21-10-4-5-15-24(21)22/h1-6,8-12,15,18-19,23H,7,13-14,16-17H2/t23-/m0/s1. The van der Waals surface area contributed by atoms with Gasteiger partial charge in [0.05, 0.1) is 19.3 Å². The van der Waals surface area contributed by atoms with Gasteiger partial charge in [-0.3, -0.25) is 4.68 Å². The fourth-order valence-corrected chi connectivity index (χ4v) is 3.58. The Morgan fingerprint density at radius 2 is 1.71 bits per heavy atom. The average molecular weight is 371 g/mol. The molecule has 0 bridgehead atoms. The normalized spacial score (nSPS) is 12.3. The highest BCUT2D eigenvalue weighted by molar-refractivity contribution is 5.85.